The molecule has 0 spiro atoms. The van der Waals surface area contributed by atoms with Gasteiger partial charge in [0.1, 0.15) is 5.78 Å². The van der Waals surface area contributed by atoms with E-state index < -0.39 is 0 Å². The number of halogens is 1. The van der Waals surface area contributed by atoms with Crippen molar-refractivity contribution in [3.8, 4) is 0 Å². The lowest BCUT2D eigenvalue weighted by Crippen LogP contribution is -2.26. The number of amides is 1. The summed E-state index contributed by atoms with van der Waals surface area (Å²) in [6.45, 7) is 6.86. The molecule has 0 aromatic rings. The second-order valence-corrected chi connectivity index (χ2v) is 7.19. The summed E-state index contributed by atoms with van der Waals surface area (Å²) in [6, 6.07) is 0. The first-order chi connectivity index (χ1) is 12.5. The summed E-state index contributed by atoms with van der Waals surface area (Å²) in [6.07, 6.45) is 16.6. The summed E-state index contributed by atoms with van der Waals surface area (Å²) < 4.78 is 0. The second kappa shape index (κ2) is 17.1. The first-order valence-corrected chi connectivity index (χ1v) is 10.3. The Hall–Kier alpha value is -1.35. The zero-order valence-corrected chi connectivity index (χ0v) is 17.4. The summed E-state index contributed by atoms with van der Waals surface area (Å²) >= 11 is 5.44. The molecule has 0 aromatic heterocycles. The van der Waals surface area contributed by atoms with E-state index in [1.807, 2.05) is 19.1 Å². The van der Waals surface area contributed by atoms with Crippen molar-refractivity contribution in [2.45, 2.75) is 72.1 Å². The first-order valence-electron chi connectivity index (χ1n) is 9.87. The monoisotopic (exact) mass is 381 g/mol. The van der Waals surface area contributed by atoms with Gasteiger partial charge in [0.05, 0.1) is 0 Å². The van der Waals surface area contributed by atoms with E-state index in [2.05, 4.69) is 31.3 Å². The minimum absolute atomic E-state index is 0.0755. The van der Waals surface area contributed by atoms with Crippen LogP contribution in [-0.2, 0) is 9.59 Å². The van der Waals surface area contributed by atoms with E-state index in [0.717, 1.165) is 38.5 Å². The van der Waals surface area contributed by atoms with Crippen molar-refractivity contribution < 1.29 is 9.59 Å². The maximum Gasteiger partial charge on any atom is 0.220 e. The lowest BCUT2D eigenvalue weighted by molar-refractivity contribution is -0.123. The molecular formula is C22H36ClNO2. The third-order valence-corrected chi connectivity index (χ3v) is 4.45. The van der Waals surface area contributed by atoms with Crippen LogP contribution in [0, 0.1) is 11.8 Å². The Morgan fingerprint density at radius 2 is 1.73 bits per heavy atom. The molecule has 0 saturated carbocycles. The summed E-state index contributed by atoms with van der Waals surface area (Å²) in [5.74, 6) is 0.776. The molecule has 0 aromatic carbocycles. The van der Waals surface area contributed by atoms with Crippen LogP contribution in [0.4, 0.5) is 0 Å². The quantitative estimate of drug-likeness (QED) is 0.281. The van der Waals surface area contributed by atoms with E-state index in [9.17, 15) is 9.59 Å². The Morgan fingerprint density at radius 3 is 2.42 bits per heavy atom. The Balaban J connectivity index is 3.84. The van der Waals surface area contributed by atoms with E-state index >= 15 is 0 Å². The summed E-state index contributed by atoms with van der Waals surface area (Å²) in [5, 5.41) is 2.95. The highest BCUT2D eigenvalue weighted by atomic mass is 35.5. The number of unbranched alkanes of at least 4 members (excludes halogenated alkanes) is 1. The molecule has 4 heteroatoms. The SMILES string of the molecule is CCC/C=C/CCC(=O)NCC[C@H](C)CC(=O)[C@H](C)CC/C=C/C=C/Cl. The average molecular weight is 382 g/mol. The van der Waals surface area contributed by atoms with Gasteiger partial charge in [0.2, 0.25) is 5.91 Å². The van der Waals surface area contributed by atoms with Crippen molar-refractivity contribution in [1.82, 2.24) is 5.32 Å². The molecule has 3 nitrogen and oxygen atoms in total. The maximum absolute atomic E-state index is 12.2. The van der Waals surface area contributed by atoms with Crippen LogP contribution < -0.4 is 5.32 Å². The van der Waals surface area contributed by atoms with E-state index in [4.69, 9.17) is 11.6 Å². The van der Waals surface area contributed by atoms with Gasteiger partial charge in [0.25, 0.3) is 0 Å². The molecule has 0 unspecified atom stereocenters. The van der Waals surface area contributed by atoms with Gasteiger partial charge in [-0.3, -0.25) is 9.59 Å². The third-order valence-electron chi connectivity index (χ3n) is 4.30. The minimum Gasteiger partial charge on any atom is -0.356 e. The van der Waals surface area contributed by atoms with Gasteiger partial charge in [-0.25, -0.2) is 0 Å². The predicted molar refractivity (Wildman–Crippen MR) is 112 cm³/mol. The fourth-order valence-corrected chi connectivity index (χ4v) is 2.62. The molecule has 2 atom stereocenters. The normalized spacial score (nSPS) is 14.3. The smallest absolute Gasteiger partial charge is 0.220 e. The lowest BCUT2D eigenvalue weighted by Gasteiger charge is -2.14. The number of carbonyl (C=O) groups is 2. The van der Waals surface area contributed by atoms with Crippen molar-refractivity contribution in [1.29, 1.82) is 0 Å². The molecule has 0 saturated heterocycles. The highest BCUT2D eigenvalue weighted by Gasteiger charge is 2.15. The molecule has 0 aliphatic heterocycles. The lowest BCUT2D eigenvalue weighted by atomic mass is 9.92. The van der Waals surface area contributed by atoms with Crippen molar-refractivity contribution in [2.75, 3.05) is 6.54 Å². The van der Waals surface area contributed by atoms with Crippen LogP contribution in [0.15, 0.2) is 35.9 Å². The molecule has 0 heterocycles. The van der Waals surface area contributed by atoms with Gasteiger partial charge in [0, 0.05) is 30.8 Å². The highest BCUT2D eigenvalue weighted by molar-refractivity contribution is 6.25. The molecule has 0 rings (SSSR count). The van der Waals surface area contributed by atoms with Crippen LogP contribution in [-0.4, -0.2) is 18.2 Å². The molecule has 0 aliphatic carbocycles. The number of hydrogen-bond donors (Lipinski definition) is 1. The highest BCUT2D eigenvalue weighted by Crippen LogP contribution is 2.15. The van der Waals surface area contributed by atoms with Crippen molar-refractivity contribution in [3.05, 3.63) is 35.9 Å². The van der Waals surface area contributed by atoms with E-state index in [0.29, 0.717) is 31.1 Å². The van der Waals surface area contributed by atoms with Crippen LogP contribution >= 0.6 is 11.6 Å². The Morgan fingerprint density at radius 1 is 1.00 bits per heavy atom. The Bertz CT molecular complexity index is 469. The number of hydrogen-bond acceptors (Lipinski definition) is 2. The van der Waals surface area contributed by atoms with E-state index in [1.165, 1.54) is 5.54 Å². The number of allylic oxidation sites excluding steroid dienone is 5. The molecule has 0 bridgehead atoms. The summed E-state index contributed by atoms with van der Waals surface area (Å²) in [7, 11) is 0. The fraction of sp³-hybridized carbons (Fsp3) is 0.636. The van der Waals surface area contributed by atoms with Gasteiger partial charge in [0.15, 0.2) is 0 Å². The van der Waals surface area contributed by atoms with Crippen LogP contribution in [0.2, 0.25) is 0 Å². The van der Waals surface area contributed by atoms with Crippen LogP contribution in [0.25, 0.3) is 0 Å². The zero-order chi connectivity index (χ0) is 19.6. The van der Waals surface area contributed by atoms with Crippen LogP contribution in [0.3, 0.4) is 0 Å². The Kier molecular flexibility index (Phi) is 16.2. The van der Waals surface area contributed by atoms with Crippen molar-refractivity contribution in [2.24, 2.45) is 11.8 Å². The summed E-state index contributed by atoms with van der Waals surface area (Å²) in [4.78, 5) is 24.0. The molecule has 0 fully saturated rings. The van der Waals surface area contributed by atoms with Gasteiger partial charge in [-0.1, -0.05) is 69.2 Å². The largest absolute Gasteiger partial charge is 0.356 e. The Labute approximate surface area is 165 Å². The van der Waals surface area contributed by atoms with Gasteiger partial charge in [-0.15, -0.1) is 0 Å². The van der Waals surface area contributed by atoms with Gasteiger partial charge in [-0.05, 0) is 38.0 Å². The maximum atomic E-state index is 12.2. The number of ketones is 1. The standard InChI is InChI=1S/C22H36ClNO2/c1-4-5-6-7-11-14-22(26)24-17-15-19(2)18-21(25)20(3)13-10-8-9-12-16-23/h6-9,12,16,19-20H,4-5,10-11,13-15,17-18H2,1-3H3,(H,24,26)/b7-6+,9-8+,16-12+/t19-,20+/m0/s1. The van der Waals surface area contributed by atoms with Crippen LogP contribution in [0.5, 0.6) is 0 Å². The minimum atomic E-state index is 0.0755. The fourth-order valence-electron chi connectivity index (χ4n) is 2.53. The number of nitrogens with one attached hydrogen (secondary N) is 1. The number of rotatable bonds is 15. The predicted octanol–water partition coefficient (Wildman–Crippen LogP) is 5.95. The number of carbonyl (C=O) groups excluding carboxylic acids is 2. The molecule has 0 aliphatic rings. The topological polar surface area (TPSA) is 46.2 Å². The first kappa shape index (κ1) is 24.7. The van der Waals surface area contributed by atoms with E-state index in [1.54, 1.807) is 6.08 Å². The van der Waals surface area contributed by atoms with Gasteiger partial charge < -0.3 is 5.32 Å². The number of Topliss-reactive ketones (excluding diaryl/α,β-unsaturated/α-hetero) is 1. The van der Waals surface area contributed by atoms with Gasteiger partial charge in [-0.2, -0.15) is 0 Å². The van der Waals surface area contributed by atoms with E-state index in [-0.39, 0.29) is 11.8 Å². The molecule has 1 amide bonds. The average Bonchev–Trinajstić information content (AvgIpc) is 2.61. The molecule has 1 N–H and O–H groups in total. The zero-order valence-electron chi connectivity index (χ0n) is 16.7. The van der Waals surface area contributed by atoms with Crippen molar-refractivity contribution in [3.63, 3.8) is 0 Å². The summed E-state index contributed by atoms with van der Waals surface area (Å²) in [5.41, 5.74) is 1.47. The van der Waals surface area contributed by atoms with Crippen molar-refractivity contribution >= 4 is 23.3 Å². The second-order valence-electron chi connectivity index (χ2n) is 6.94. The third kappa shape index (κ3) is 14.9. The molecular weight excluding hydrogens is 346 g/mol. The molecule has 0 radical (unpaired) electrons. The molecule has 148 valence electrons. The molecule has 26 heavy (non-hydrogen) atoms. The van der Waals surface area contributed by atoms with Crippen LogP contribution in [0.1, 0.15) is 72.1 Å². The van der Waals surface area contributed by atoms with Gasteiger partial charge >= 0.3 is 0 Å².